The van der Waals surface area contributed by atoms with Crippen LogP contribution in [0.3, 0.4) is 0 Å². The van der Waals surface area contributed by atoms with E-state index >= 15 is 0 Å². The van der Waals surface area contributed by atoms with Crippen LogP contribution in [-0.4, -0.2) is 24.3 Å². The Morgan fingerprint density at radius 1 is 0.667 bits per heavy atom. The van der Waals surface area contributed by atoms with Crippen molar-refractivity contribution in [2.24, 2.45) is 0 Å². The van der Waals surface area contributed by atoms with E-state index in [2.05, 4.69) is 123 Å². The van der Waals surface area contributed by atoms with E-state index in [0.29, 0.717) is 0 Å². The molecular weight excluding hydrogens is 552 g/mol. The van der Waals surface area contributed by atoms with Crippen LogP contribution in [0.5, 0.6) is 0 Å². The Kier molecular flexibility index (Phi) is 4.34. The molecule has 0 spiro atoms. The van der Waals surface area contributed by atoms with Crippen molar-refractivity contribution in [3.05, 3.63) is 137 Å². The number of benzene rings is 5. The second-order valence-corrected chi connectivity index (χ2v) is 12.1. The molecule has 6 heteroatoms. The number of nitrogens with zero attached hydrogens (tertiary/aromatic N) is 6. The number of aromatic nitrogens is 5. The molecule has 1 unspecified atom stereocenters. The fourth-order valence-electron chi connectivity index (χ4n) is 8.13. The maximum Gasteiger partial charge on any atom is 0.241 e. The molecule has 2 aliphatic carbocycles. The molecule has 8 aromatic rings. The fourth-order valence-corrected chi connectivity index (χ4v) is 8.13. The molecule has 0 amide bonds. The highest BCUT2D eigenvalue weighted by atomic mass is 15.4. The van der Waals surface area contributed by atoms with E-state index in [0.717, 1.165) is 40.8 Å². The van der Waals surface area contributed by atoms with E-state index in [9.17, 15) is 0 Å². The zero-order chi connectivity index (χ0) is 29.2. The monoisotopic (exact) mass is 576 g/mol. The number of anilines is 2. The molecule has 0 bridgehead atoms. The lowest BCUT2D eigenvalue weighted by Crippen LogP contribution is -2.21. The van der Waals surface area contributed by atoms with Gasteiger partial charge in [0.15, 0.2) is 5.82 Å². The molecule has 0 N–H and O–H groups in total. The van der Waals surface area contributed by atoms with Gasteiger partial charge >= 0.3 is 0 Å². The van der Waals surface area contributed by atoms with Crippen LogP contribution in [0.2, 0.25) is 0 Å². The van der Waals surface area contributed by atoms with Gasteiger partial charge in [0.1, 0.15) is 5.82 Å². The van der Waals surface area contributed by atoms with Crippen molar-refractivity contribution < 1.29 is 0 Å². The summed E-state index contributed by atoms with van der Waals surface area (Å²) in [5.74, 6) is 2.59. The van der Waals surface area contributed by atoms with Crippen LogP contribution in [0, 0.1) is 0 Å². The van der Waals surface area contributed by atoms with Gasteiger partial charge in [-0.1, -0.05) is 85.0 Å². The summed E-state index contributed by atoms with van der Waals surface area (Å²) in [4.78, 5) is 7.22. The Morgan fingerprint density at radius 3 is 2.36 bits per heavy atom. The SMILES string of the molecule is C1=CC2c3c4c(ccc5c4c4c(n(-c6nnc(-c7ccccc7)n6-c6ccccc6)c6ccc1c3c46)=CC5)N2c1ccccn1. The van der Waals surface area contributed by atoms with Crippen LogP contribution in [0.15, 0.2) is 115 Å². The van der Waals surface area contributed by atoms with Crippen molar-refractivity contribution in [2.75, 3.05) is 4.90 Å². The molecule has 11 rings (SSSR count). The van der Waals surface area contributed by atoms with Gasteiger partial charge in [-0.15, -0.1) is 10.2 Å². The van der Waals surface area contributed by atoms with Crippen LogP contribution in [-0.2, 0) is 6.42 Å². The molecule has 45 heavy (non-hydrogen) atoms. The van der Waals surface area contributed by atoms with Gasteiger partial charge in [0, 0.05) is 27.9 Å². The zero-order valence-electron chi connectivity index (χ0n) is 24.1. The molecule has 210 valence electrons. The molecule has 0 radical (unpaired) electrons. The van der Waals surface area contributed by atoms with Crippen molar-refractivity contribution in [1.82, 2.24) is 24.3 Å². The molecule has 1 atom stereocenters. The molecule has 0 fully saturated rings. The topological polar surface area (TPSA) is 51.8 Å². The van der Waals surface area contributed by atoms with Crippen molar-refractivity contribution in [2.45, 2.75) is 12.5 Å². The number of hydrogen-bond acceptors (Lipinski definition) is 4. The summed E-state index contributed by atoms with van der Waals surface area (Å²) in [7, 11) is 0. The molecule has 5 aromatic carbocycles. The molecule has 3 aromatic heterocycles. The Balaban J connectivity index is 1.30. The first-order chi connectivity index (χ1) is 22.4. The lowest BCUT2D eigenvalue weighted by molar-refractivity contribution is 0.876. The second-order valence-electron chi connectivity index (χ2n) is 12.1. The van der Waals surface area contributed by atoms with Crippen LogP contribution >= 0.6 is 0 Å². The van der Waals surface area contributed by atoms with E-state index in [-0.39, 0.29) is 6.04 Å². The quantitative estimate of drug-likeness (QED) is 0.200. The number of pyridine rings is 1. The third-order valence-electron chi connectivity index (χ3n) is 9.86. The second kappa shape index (κ2) is 8.33. The van der Waals surface area contributed by atoms with Gasteiger partial charge in [0.2, 0.25) is 5.95 Å². The van der Waals surface area contributed by atoms with Crippen molar-refractivity contribution in [3.8, 4) is 23.0 Å². The maximum absolute atomic E-state index is 4.94. The summed E-state index contributed by atoms with van der Waals surface area (Å²) in [5.41, 5.74) is 8.46. The van der Waals surface area contributed by atoms with Gasteiger partial charge < -0.3 is 4.90 Å². The highest BCUT2D eigenvalue weighted by Crippen LogP contribution is 2.56. The predicted octanol–water partition coefficient (Wildman–Crippen LogP) is 7.85. The average molecular weight is 577 g/mol. The first-order valence-electron chi connectivity index (χ1n) is 15.4. The smallest absolute Gasteiger partial charge is 0.241 e. The highest BCUT2D eigenvalue weighted by molar-refractivity contribution is 6.30. The minimum Gasteiger partial charge on any atom is -0.315 e. The molecule has 3 aliphatic rings. The van der Waals surface area contributed by atoms with Crippen LogP contribution in [0.25, 0.3) is 67.6 Å². The van der Waals surface area contributed by atoms with E-state index in [1.807, 2.05) is 18.3 Å². The number of para-hydroxylation sites is 1. The summed E-state index contributed by atoms with van der Waals surface area (Å²) in [6, 6.07) is 36.3. The molecule has 1 aliphatic heterocycles. The summed E-state index contributed by atoms with van der Waals surface area (Å²) < 4.78 is 4.56. The minimum atomic E-state index is 0.0861. The van der Waals surface area contributed by atoms with E-state index in [4.69, 9.17) is 15.2 Å². The first kappa shape index (κ1) is 23.4. The Labute approximate surface area is 257 Å². The van der Waals surface area contributed by atoms with E-state index in [1.165, 1.54) is 54.7 Å². The average Bonchev–Trinajstić information content (AvgIpc) is 3.79. The van der Waals surface area contributed by atoms with E-state index in [1.54, 1.807) is 0 Å². The van der Waals surface area contributed by atoms with Gasteiger partial charge in [-0.05, 0) is 70.3 Å². The largest absolute Gasteiger partial charge is 0.315 e. The van der Waals surface area contributed by atoms with E-state index < -0.39 is 0 Å². The van der Waals surface area contributed by atoms with Crippen molar-refractivity contribution in [1.29, 1.82) is 0 Å². The maximum atomic E-state index is 4.94. The predicted molar refractivity (Wildman–Crippen MR) is 180 cm³/mol. The molecule has 4 heterocycles. The van der Waals surface area contributed by atoms with Gasteiger partial charge in [-0.3, -0.25) is 9.13 Å². The molecule has 0 saturated carbocycles. The van der Waals surface area contributed by atoms with Gasteiger partial charge in [0.25, 0.3) is 0 Å². The van der Waals surface area contributed by atoms with Crippen LogP contribution in [0.1, 0.15) is 22.7 Å². The zero-order valence-corrected chi connectivity index (χ0v) is 24.1. The molecule has 0 saturated heterocycles. The van der Waals surface area contributed by atoms with Crippen LogP contribution < -0.4 is 10.2 Å². The van der Waals surface area contributed by atoms with Gasteiger partial charge in [-0.2, -0.15) is 0 Å². The lowest BCUT2D eigenvalue weighted by Gasteiger charge is -2.27. The lowest BCUT2D eigenvalue weighted by atomic mass is 9.83. The van der Waals surface area contributed by atoms with Crippen LogP contribution in [0.4, 0.5) is 11.5 Å². The summed E-state index contributed by atoms with van der Waals surface area (Å²) in [5, 5.41) is 17.6. The molecule has 6 nitrogen and oxygen atoms in total. The standard InChI is InChI=1S/C39H24N6/c1-3-9-25(10-4-1)38-41-42-39(43(38)26-11-5-2-6-12-26)45-29-20-16-23-14-18-27-34-32(23)36(29)37-30(45)21-17-24-15-19-28(35(34)33(24)37)44(27)31-13-7-8-22-40-31/h1-16,18-22,27H,17H2. The fraction of sp³-hybridized carbons (Fsp3) is 0.0513. The van der Waals surface area contributed by atoms with Gasteiger partial charge in [-0.25, -0.2) is 4.98 Å². The Hall–Kier alpha value is -6.01. The van der Waals surface area contributed by atoms with Crippen molar-refractivity contribution >= 4 is 56.1 Å². The first-order valence-corrected chi connectivity index (χ1v) is 15.4. The molecular formula is C39H24N6. The third kappa shape index (κ3) is 2.87. The highest BCUT2D eigenvalue weighted by Gasteiger charge is 2.39. The number of rotatable bonds is 4. The van der Waals surface area contributed by atoms with Crippen molar-refractivity contribution in [3.63, 3.8) is 0 Å². The summed E-state index contributed by atoms with van der Waals surface area (Å²) in [6.07, 6.45) is 9.78. The number of hydrogen-bond donors (Lipinski definition) is 0. The Bertz CT molecular complexity index is 2610. The Morgan fingerprint density at radius 2 is 1.51 bits per heavy atom. The minimum absolute atomic E-state index is 0.0861. The third-order valence-corrected chi connectivity index (χ3v) is 9.86. The normalized spacial score (nSPS) is 15.7. The summed E-state index contributed by atoms with van der Waals surface area (Å²) >= 11 is 0. The van der Waals surface area contributed by atoms with Gasteiger partial charge in [0.05, 0.1) is 28.3 Å². The summed E-state index contributed by atoms with van der Waals surface area (Å²) in [6.45, 7) is 0.